The predicted molar refractivity (Wildman–Crippen MR) is 110 cm³/mol. The van der Waals surface area contributed by atoms with Crippen LogP contribution in [-0.2, 0) is 9.59 Å². The van der Waals surface area contributed by atoms with E-state index < -0.39 is 17.8 Å². The highest BCUT2D eigenvalue weighted by molar-refractivity contribution is 9.10. The second-order valence-electron chi connectivity index (χ2n) is 6.57. The molecule has 0 aromatic heterocycles. The number of halogens is 1. The number of aromatic hydroxyl groups is 1. The first-order chi connectivity index (χ1) is 13.3. The summed E-state index contributed by atoms with van der Waals surface area (Å²) < 4.78 is 0.430. The highest BCUT2D eigenvalue weighted by atomic mass is 79.9. The number of nitrogens with zero attached hydrogens (tertiary/aromatic N) is 1. The lowest BCUT2D eigenvalue weighted by Crippen LogP contribution is -2.54. The molecule has 2 N–H and O–H groups in total. The SMILES string of the molecule is CCC(C)c1ccc(N2C(=O)NC(=O)/C(=C/c3ccc(O)c(Br)c3)C2=O)cc1. The first-order valence-corrected chi connectivity index (χ1v) is 9.61. The van der Waals surface area contributed by atoms with Gasteiger partial charge in [-0.25, -0.2) is 9.69 Å². The minimum absolute atomic E-state index is 0.0415. The summed E-state index contributed by atoms with van der Waals surface area (Å²) in [5, 5.41) is 11.8. The van der Waals surface area contributed by atoms with E-state index in [1.54, 1.807) is 24.3 Å². The largest absolute Gasteiger partial charge is 0.507 e. The quantitative estimate of drug-likeness (QED) is 0.544. The molecule has 7 heteroatoms. The number of amides is 4. The summed E-state index contributed by atoms with van der Waals surface area (Å²) >= 11 is 3.19. The van der Waals surface area contributed by atoms with Crippen LogP contribution < -0.4 is 10.2 Å². The Morgan fingerprint density at radius 3 is 2.43 bits per heavy atom. The summed E-state index contributed by atoms with van der Waals surface area (Å²) in [6.07, 6.45) is 2.36. The van der Waals surface area contributed by atoms with E-state index >= 15 is 0 Å². The van der Waals surface area contributed by atoms with Crippen molar-refractivity contribution in [1.82, 2.24) is 5.32 Å². The molecule has 144 valence electrons. The van der Waals surface area contributed by atoms with Crippen LogP contribution in [0.25, 0.3) is 6.08 Å². The maximum absolute atomic E-state index is 12.9. The Labute approximate surface area is 171 Å². The van der Waals surface area contributed by atoms with Crippen molar-refractivity contribution in [2.75, 3.05) is 4.90 Å². The Balaban J connectivity index is 1.95. The standard InChI is InChI=1S/C21H19BrN2O4/c1-3-12(2)14-5-7-15(8-6-14)24-20(27)16(19(26)23-21(24)28)10-13-4-9-18(25)17(22)11-13/h4-12,25H,3H2,1-2H3,(H,23,26,28)/b16-10-. The molecule has 0 bridgehead atoms. The molecular weight excluding hydrogens is 424 g/mol. The molecule has 0 aliphatic carbocycles. The van der Waals surface area contributed by atoms with Gasteiger partial charge in [0, 0.05) is 0 Å². The molecule has 1 unspecified atom stereocenters. The smallest absolute Gasteiger partial charge is 0.335 e. The van der Waals surface area contributed by atoms with E-state index in [-0.39, 0.29) is 11.3 Å². The number of carbonyl (C=O) groups excluding carboxylic acids is 3. The van der Waals surface area contributed by atoms with Gasteiger partial charge in [-0.05, 0) is 69.7 Å². The van der Waals surface area contributed by atoms with E-state index in [1.807, 2.05) is 12.1 Å². The second-order valence-corrected chi connectivity index (χ2v) is 7.42. The van der Waals surface area contributed by atoms with Crippen LogP contribution in [0.3, 0.4) is 0 Å². The molecule has 6 nitrogen and oxygen atoms in total. The Morgan fingerprint density at radius 2 is 1.82 bits per heavy atom. The minimum Gasteiger partial charge on any atom is -0.507 e. The number of phenolic OH excluding ortho intramolecular Hbond substituents is 1. The normalized spacial score (nSPS) is 17.0. The van der Waals surface area contributed by atoms with E-state index in [1.165, 1.54) is 12.1 Å². The molecule has 4 amide bonds. The fraction of sp³-hybridized carbons (Fsp3) is 0.190. The van der Waals surface area contributed by atoms with Crippen molar-refractivity contribution in [2.45, 2.75) is 26.2 Å². The molecule has 0 radical (unpaired) electrons. The molecule has 28 heavy (non-hydrogen) atoms. The molecule has 1 heterocycles. The third kappa shape index (κ3) is 3.84. The summed E-state index contributed by atoms with van der Waals surface area (Å²) in [6.45, 7) is 4.19. The van der Waals surface area contributed by atoms with E-state index in [9.17, 15) is 19.5 Å². The number of phenols is 1. The molecule has 1 aliphatic heterocycles. The molecule has 0 spiro atoms. The van der Waals surface area contributed by atoms with Gasteiger partial charge >= 0.3 is 6.03 Å². The van der Waals surface area contributed by atoms with Crippen molar-refractivity contribution < 1.29 is 19.5 Å². The topological polar surface area (TPSA) is 86.7 Å². The van der Waals surface area contributed by atoms with Gasteiger partial charge in [0.15, 0.2) is 0 Å². The first kappa shape index (κ1) is 19.8. The third-order valence-electron chi connectivity index (χ3n) is 4.72. The van der Waals surface area contributed by atoms with Crippen LogP contribution in [0.4, 0.5) is 10.5 Å². The average molecular weight is 443 g/mol. The molecule has 1 fully saturated rings. The zero-order valence-electron chi connectivity index (χ0n) is 15.4. The van der Waals surface area contributed by atoms with Gasteiger partial charge < -0.3 is 5.11 Å². The number of hydrogen-bond acceptors (Lipinski definition) is 4. The molecule has 2 aromatic carbocycles. The maximum Gasteiger partial charge on any atom is 0.335 e. The molecule has 1 atom stereocenters. The monoisotopic (exact) mass is 442 g/mol. The summed E-state index contributed by atoms with van der Waals surface area (Å²) in [6, 6.07) is 10.9. The zero-order valence-corrected chi connectivity index (χ0v) is 17.0. The van der Waals surface area contributed by atoms with Crippen LogP contribution in [-0.4, -0.2) is 23.0 Å². The molecule has 1 aliphatic rings. The van der Waals surface area contributed by atoms with E-state index in [0.717, 1.165) is 16.9 Å². The average Bonchev–Trinajstić information content (AvgIpc) is 2.67. The van der Waals surface area contributed by atoms with Crippen molar-refractivity contribution in [3.05, 3.63) is 63.6 Å². The molecule has 1 saturated heterocycles. The molecule has 2 aromatic rings. The van der Waals surface area contributed by atoms with Gasteiger partial charge in [0.25, 0.3) is 11.8 Å². The summed E-state index contributed by atoms with van der Waals surface area (Å²) in [7, 11) is 0. The number of nitrogens with one attached hydrogen (secondary N) is 1. The van der Waals surface area contributed by atoms with Gasteiger partial charge in [-0.3, -0.25) is 14.9 Å². The van der Waals surface area contributed by atoms with E-state index in [2.05, 4.69) is 35.1 Å². The highest BCUT2D eigenvalue weighted by Crippen LogP contribution is 2.28. The number of barbiturate groups is 1. The van der Waals surface area contributed by atoms with Crippen LogP contribution >= 0.6 is 15.9 Å². The Bertz CT molecular complexity index is 982. The van der Waals surface area contributed by atoms with Crippen molar-refractivity contribution in [1.29, 1.82) is 0 Å². The Kier molecular flexibility index (Phi) is 5.65. The number of imide groups is 2. The predicted octanol–water partition coefficient (Wildman–Crippen LogP) is 4.33. The van der Waals surface area contributed by atoms with Crippen LogP contribution in [0.15, 0.2) is 52.5 Å². The minimum atomic E-state index is -0.782. The molecular formula is C21H19BrN2O4. The third-order valence-corrected chi connectivity index (χ3v) is 5.35. The lowest BCUT2D eigenvalue weighted by Gasteiger charge is -2.26. The van der Waals surface area contributed by atoms with Gasteiger partial charge in [-0.2, -0.15) is 0 Å². The summed E-state index contributed by atoms with van der Waals surface area (Å²) in [5.74, 6) is -1.05. The fourth-order valence-electron chi connectivity index (χ4n) is 2.86. The van der Waals surface area contributed by atoms with Crippen molar-refractivity contribution in [2.24, 2.45) is 0 Å². The van der Waals surface area contributed by atoms with Crippen molar-refractivity contribution >= 4 is 45.5 Å². The van der Waals surface area contributed by atoms with Crippen LogP contribution in [0, 0.1) is 0 Å². The molecule has 0 saturated carbocycles. The van der Waals surface area contributed by atoms with E-state index in [0.29, 0.717) is 21.6 Å². The highest BCUT2D eigenvalue weighted by Gasteiger charge is 2.36. The van der Waals surface area contributed by atoms with Crippen LogP contribution in [0.1, 0.15) is 37.3 Å². The van der Waals surface area contributed by atoms with Crippen molar-refractivity contribution in [3.8, 4) is 5.75 Å². The van der Waals surface area contributed by atoms with E-state index in [4.69, 9.17) is 0 Å². The van der Waals surface area contributed by atoms with Gasteiger partial charge in [0.1, 0.15) is 11.3 Å². The number of urea groups is 1. The van der Waals surface area contributed by atoms with Gasteiger partial charge in [-0.15, -0.1) is 0 Å². The first-order valence-electron chi connectivity index (χ1n) is 8.81. The molecule has 3 rings (SSSR count). The Morgan fingerprint density at radius 1 is 1.14 bits per heavy atom. The number of anilines is 1. The summed E-state index contributed by atoms with van der Waals surface area (Å²) in [5.41, 5.74) is 1.87. The van der Waals surface area contributed by atoms with Crippen molar-refractivity contribution in [3.63, 3.8) is 0 Å². The van der Waals surface area contributed by atoms with Crippen LogP contribution in [0.5, 0.6) is 5.75 Å². The second kappa shape index (κ2) is 7.98. The number of carbonyl (C=O) groups is 3. The summed E-state index contributed by atoms with van der Waals surface area (Å²) in [4.78, 5) is 38.4. The fourth-order valence-corrected chi connectivity index (χ4v) is 3.26. The van der Waals surface area contributed by atoms with Gasteiger partial charge in [0.2, 0.25) is 0 Å². The zero-order chi connectivity index (χ0) is 20.4. The lowest BCUT2D eigenvalue weighted by atomic mass is 9.98. The lowest BCUT2D eigenvalue weighted by molar-refractivity contribution is -0.122. The number of benzene rings is 2. The maximum atomic E-state index is 12.9. The van der Waals surface area contributed by atoms with Gasteiger partial charge in [0.05, 0.1) is 10.2 Å². The number of hydrogen-bond donors (Lipinski definition) is 2. The number of rotatable bonds is 4. The Hall–Kier alpha value is -2.93. The van der Waals surface area contributed by atoms with Gasteiger partial charge in [-0.1, -0.05) is 32.0 Å². The van der Waals surface area contributed by atoms with Crippen LogP contribution in [0.2, 0.25) is 0 Å².